The number of Topliss-reactive ketones (excluding diaryl/α,β-unsaturated/α-hetero) is 3. The lowest BCUT2D eigenvalue weighted by molar-refractivity contribution is -0.178. The number of hydrogen-bond donors (Lipinski definition) is 4. The summed E-state index contributed by atoms with van der Waals surface area (Å²) in [7, 11) is 0. The summed E-state index contributed by atoms with van der Waals surface area (Å²) in [6, 6.07) is 13.7. The van der Waals surface area contributed by atoms with Gasteiger partial charge in [0, 0.05) is 22.3 Å². The number of allylic oxidation sites excluding steroid dienone is 5. The van der Waals surface area contributed by atoms with Gasteiger partial charge in [0.15, 0.2) is 17.2 Å². The summed E-state index contributed by atoms with van der Waals surface area (Å²) in [4.78, 5) is 40.8. The summed E-state index contributed by atoms with van der Waals surface area (Å²) >= 11 is 0. The molecule has 0 radical (unpaired) electrons. The molecule has 0 amide bonds. The van der Waals surface area contributed by atoms with Crippen LogP contribution >= 0.6 is 0 Å². The first-order valence-corrected chi connectivity index (χ1v) is 16.1. The molecule has 0 heterocycles. The van der Waals surface area contributed by atoms with E-state index >= 15 is 0 Å². The van der Waals surface area contributed by atoms with Crippen molar-refractivity contribution in [3.05, 3.63) is 99.3 Å². The highest BCUT2D eigenvalue weighted by molar-refractivity contribution is 6.24. The molecule has 2 aromatic carbocycles. The van der Waals surface area contributed by atoms with E-state index in [1.54, 1.807) is 20.8 Å². The number of aromatic hydroxyl groups is 1. The number of carbonyl (C=O) groups is 3. The minimum atomic E-state index is -2.61. The normalized spacial score (nSPS) is 29.0. The van der Waals surface area contributed by atoms with Crippen molar-refractivity contribution >= 4 is 28.7 Å². The van der Waals surface area contributed by atoms with Crippen molar-refractivity contribution in [1.82, 2.24) is 0 Å². The summed E-state index contributed by atoms with van der Waals surface area (Å²) in [5.41, 5.74) is -0.483. The van der Waals surface area contributed by atoms with Crippen LogP contribution in [-0.2, 0) is 27.2 Å². The maximum absolute atomic E-state index is 14.5. The second-order valence-corrected chi connectivity index (χ2v) is 14.5. The van der Waals surface area contributed by atoms with E-state index in [-0.39, 0.29) is 35.6 Å². The van der Waals surface area contributed by atoms with Crippen molar-refractivity contribution in [3.8, 4) is 5.75 Å². The summed E-state index contributed by atoms with van der Waals surface area (Å²) in [6.45, 7) is 8.18. The summed E-state index contributed by atoms with van der Waals surface area (Å²) in [6.07, 6.45) is 8.22. The van der Waals surface area contributed by atoms with E-state index < -0.39 is 56.8 Å². The van der Waals surface area contributed by atoms with Crippen LogP contribution in [-0.4, -0.2) is 43.4 Å². The van der Waals surface area contributed by atoms with Crippen LogP contribution in [0.2, 0.25) is 0 Å². The average molecular weight is 623 g/mol. The second-order valence-electron chi connectivity index (χ2n) is 14.5. The Hall–Kier alpha value is -4.23. The molecule has 7 nitrogen and oxygen atoms in total. The molecule has 240 valence electrons. The van der Waals surface area contributed by atoms with Crippen molar-refractivity contribution in [2.45, 2.75) is 78.7 Å². The number of aryl methyl sites for hydroxylation is 1. The quantitative estimate of drug-likeness (QED) is 0.246. The van der Waals surface area contributed by atoms with Crippen molar-refractivity contribution in [2.24, 2.45) is 22.7 Å². The lowest BCUT2D eigenvalue weighted by Gasteiger charge is -2.59. The molecule has 7 heteroatoms. The molecule has 0 saturated heterocycles. The van der Waals surface area contributed by atoms with Crippen LogP contribution in [0.15, 0.2) is 77.1 Å². The van der Waals surface area contributed by atoms with Gasteiger partial charge in [-0.1, -0.05) is 81.8 Å². The highest BCUT2D eigenvalue weighted by Crippen LogP contribution is 2.65. The zero-order valence-corrected chi connectivity index (χ0v) is 27.1. The topological polar surface area (TPSA) is 132 Å². The molecule has 4 aliphatic rings. The molecule has 1 fully saturated rings. The van der Waals surface area contributed by atoms with Crippen molar-refractivity contribution < 1.29 is 34.8 Å². The SMILES string of the molecule is CC(=O)C1=C(O)[C@]2(O)C(=O)C3=C(O)c4c(O)ccc(C5=CC=C(CCCc6ccccc6)C5)c4C[C@]3(C)C[C@]2(C)C(C(C)C)C1=O. The van der Waals surface area contributed by atoms with Gasteiger partial charge < -0.3 is 20.4 Å². The maximum atomic E-state index is 14.5. The number of phenolic OH excluding ortho intramolecular Hbond substituents is 1. The van der Waals surface area contributed by atoms with E-state index in [4.69, 9.17) is 0 Å². The smallest absolute Gasteiger partial charge is 0.203 e. The lowest BCUT2D eigenvalue weighted by atomic mass is 9.43. The summed E-state index contributed by atoms with van der Waals surface area (Å²) in [5.74, 6) is -5.19. The number of phenols is 1. The molecule has 0 bridgehead atoms. The van der Waals surface area contributed by atoms with Crippen LogP contribution < -0.4 is 0 Å². The van der Waals surface area contributed by atoms with Gasteiger partial charge in [0.1, 0.15) is 22.8 Å². The van der Waals surface area contributed by atoms with E-state index in [2.05, 4.69) is 24.3 Å². The van der Waals surface area contributed by atoms with Gasteiger partial charge >= 0.3 is 0 Å². The molecule has 0 spiro atoms. The van der Waals surface area contributed by atoms with Gasteiger partial charge in [-0.25, -0.2) is 0 Å². The fourth-order valence-electron chi connectivity index (χ4n) is 9.12. The first kappa shape index (κ1) is 31.7. The van der Waals surface area contributed by atoms with E-state index in [0.717, 1.165) is 43.7 Å². The minimum Gasteiger partial charge on any atom is -0.508 e. The Balaban J connectivity index is 1.40. The fourth-order valence-corrected chi connectivity index (χ4v) is 9.12. The van der Waals surface area contributed by atoms with Gasteiger partial charge in [0.25, 0.3) is 0 Å². The van der Waals surface area contributed by atoms with Gasteiger partial charge in [-0.05, 0) is 79.7 Å². The summed E-state index contributed by atoms with van der Waals surface area (Å²) in [5, 5.41) is 46.5. The van der Waals surface area contributed by atoms with Gasteiger partial charge in [-0.3, -0.25) is 14.4 Å². The molecule has 0 aliphatic heterocycles. The first-order valence-electron chi connectivity index (χ1n) is 16.1. The molecular formula is C39H42O7. The van der Waals surface area contributed by atoms with Crippen LogP contribution in [0.4, 0.5) is 0 Å². The molecule has 1 unspecified atom stereocenters. The van der Waals surface area contributed by atoms with Gasteiger partial charge in [0.05, 0.1) is 5.56 Å². The second kappa shape index (κ2) is 10.9. The third kappa shape index (κ3) is 4.46. The summed E-state index contributed by atoms with van der Waals surface area (Å²) < 4.78 is 0. The fraction of sp³-hybridized carbons (Fsp3) is 0.410. The third-order valence-corrected chi connectivity index (χ3v) is 11.0. The molecule has 6 rings (SSSR count). The van der Waals surface area contributed by atoms with Crippen LogP contribution in [0.3, 0.4) is 0 Å². The zero-order valence-electron chi connectivity index (χ0n) is 27.1. The van der Waals surface area contributed by atoms with Gasteiger partial charge in [0.2, 0.25) is 5.78 Å². The van der Waals surface area contributed by atoms with Crippen LogP contribution in [0.5, 0.6) is 5.75 Å². The molecule has 1 saturated carbocycles. The Morgan fingerprint density at radius 3 is 2.33 bits per heavy atom. The van der Waals surface area contributed by atoms with E-state index in [9.17, 15) is 34.8 Å². The largest absolute Gasteiger partial charge is 0.508 e. The molecule has 46 heavy (non-hydrogen) atoms. The van der Waals surface area contributed by atoms with Crippen LogP contribution in [0.1, 0.15) is 82.6 Å². The molecule has 4 N–H and O–H groups in total. The Kier molecular flexibility index (Phi) is 7.55. The number of carbonyl (C=O) groups excluding carboxylic acids is 3. The van der Waals surface area contributed by atoms with E-state index in [1.165, 1.54) is 17.2 Å². The Morgan fingerprint density at radius 2 is 1.67 bits per heavy atom. The van der Waals surface area contributed by atoms with Crippen molar-refractivity contribution in [3.63, 3.8) is 0 Å². The van der Waals surface area contributed by atoms with Crippen LogP contribution in [0, 0.1) is 22.7 Å². The number of aliphatic hydroxyl groups excluding tert-OH is 2. The van der Waals surface area contributed by atoms with Gasteiger partial charge in [-0.15, -0.1) is 0 Å². The monoisotopic (exact) mass is 622 g/mol. The number of aliphatic hydroxyl groups is 3. The lowest BCUT2D eigenvalue weighted by Crippen LogP contribution is -2.69. The van der Waals surface area contributed by atoms with Gasteiger partial charge in [-0.2, -0.15) is 0 Å². The number of rotatable bonds is 7. The Labute approximate surface area is 269 Å². The first-order chi connectivity index (χ1) is 21.7. The molecule has 4 atom stereocenters. The maximum Gasteiger partial charge on any atom is 0.203 e. The molecule has 4 aliphatic carbocycles. The standard InChI is InChI=1S/C39H42O7/c1-21(2)31-33(42)29(22(3)40)35(44)39(46)36(45)32-34(43)30-27(19-37(32,4)20-38(31,39)5)26(16-17-28(30)41)25-15-14-24(18-25)13-9-12-23-10-7-6-8-11-23/h6-8,10-11,14-17,21,31,41,43-44,46H,9,12-13,18-20H2,1-5H3/t31?,37-,38-,39+/m1/s1. The number of ketones is 3. The number of fused-ring (bicyclic) bond motifs is 3. The molecule has 0 aromatic heterocycles. The highest BCUT2D eigenvalue weighted by Gasteiger charge is 2.72. The molecule has 2 aromatic rings. The van der Waals surface area contributed by atoms with Crippen molar-refractivity contribution in [2.75, 3.05) is 0 Å². The Bertz CT molecular complexity index is 1810. The number of benzene rings is 2. The predicted octanol–water partition coefficient (Wildman–Crippen LogP) is 6.93. The Morgan fingerprint density at radius 1 is 0.978 bits per heavy atom. The predicted molar refractivity (Wildman–Crippen MR) is 176 cm³/mol. The zero-order chi connectivity index (χ0) is 33.3. The van der Waals surface area contributed by atoms with E-state index in [1.807, 2.05) is 31.2 Å². The number of hydrogen-bond acceptors (Lipinski definition) is 7. The van der Waals surface area contributed by atoms with Crippen LogP contribution in [0.25, 0.3) is 11.3 Å². The van der Waals surface area contributed by atoms with Crippen molar-refractivity contribution in [1.29, 1.82) is 0 Å². The third-order valence-electron chi connectivity index (χ3n) is 11.0. The highest BCUT2D eigenvalue weighted by atomic mass is 16.3. The average Bonchev–Trinajstić information content (AvgIpc) is 3.43. The van der Waals surface area contributed by atoms with E-state index in [0.29, 0.717) is 5.56 Å². The minimum absolute atomic E-state index is 0.0715. The molecular weight excluding hydrogens is 580 g/mol.